The molecule has 6 nitrogen and oxygen atoms in total. The molecule has 0 aromatic rings. The normalized spacial score (nSPS) is 15.6. The highest BCUT2D eigenvalue weighted by Crippen LogP contribution is 2.28. The molecule has 0 saturated heterocycles. The highest BCUT2D eigenvalue weighted by molar-refractivity contribution is 14.0. The van der Waals surface area contributed by atoms with Crippen molar-refractivity contribution in [2.45, 2.75) is 19.8 Å². The molecular formula is C12H26IN3O3S. The summed E-state index contributed by atoms with van der Waals surface area (Å²) in [4.78, 5) is 4.48. The number of nitrogens with zero attached hydrogens (tertiary/aromatic N) is 1. The van der Waals surface area contributed by atoms with Crippen LogP contribution in [0.15, 0.2) is 4.99 Å². The third-order valence-electron chi connectivity index (χ3n) is 2.69. The van der Waals surface area contributed by atoms with Crippen LogP contribution < -0.4 is 10.6 Å². The Morgan fingerprint density at radius 3 is 2.55 bits per heavy atom. The van der Waals surface area contributed by atoms with Gasteiger partial charge in [0.1, 0.15) is 9.84 Å². The van der Waals surface area contributed by atoms with E-state index in [1.807, 2.05) is 6.92 Å². The lowest BCUT2D eigenvalue weighted by Crippen LogP contribution is -2.39. The molecule has 1 fully saturated rings. The highest BCUT2D eigenvalue weighted by Gasteiger charge is 2.20. The third-order valence-corrected chi connectivity index (χ3v) is 3.59. The van der Waals surface area contributed by atoms with Gasteiger partial charge in [0.25, 0.3) is 0 Å². The molecule has 0 spiro atoms. The first-order valence-electron chi connectivity index (χ1n) is 6.79. The lowest BCUT2D eigenvalue weighted by Gasteiger charge is -2.11. The SMILES string of the molecule is CCNC(=NCC1CC1)NCCOCCS(C)(=O)=O.I. The number of sulfone groups is 1. The topological polar surface area (TPSA) is 79.8 Å². The summed E-state index contributed by atoms with van der Waals surface area (Å²) in [5.74, 6) is 1.64. The van der Waals surface area contributed by atoms with E-state index in [0.29, 0.717) is 13.2 Å². The van der Waals surface area contributed by atoms with Crippen molar-refractivity contribution in [3.05, 3.63) is 0 Å². The molecule has 1 aliphatic carbocycles. The second-order valence-corrected chi connectivity index (χ2v) is 7.09. The number of rotatable bonds is 9. The monoisotopic (exact) mass is 419 g/mol. The Balaban J connectivity index is 0.00000361. The van der Waals surface area contributed by atoms with Crippen molar-refractivity contribution in [2.75, 3.05) is 44.9 Å². The van der Waals surface area contributed by atoms with E-state index in [9.17, 15) is 8.42 Å². The molecule has 0 radical (unpaired) electrons. The average Bonchev–Trinajstić information content (AvgIpc) is 3.12. The largest absolute Gasteiger partial charge is 0.379 e. The molecule has 1 rings (SSSR count). The van der Waals surface area contributed by atoms with Crippen molar-refractivity contribution in [2.24, 2.45) is 10.9 Å². The Morgan fingerprint density at radius 1 is 1.30 bits per heavy atom. The van der Waals surface area contributed by atoms with Crippen LogP contribution in [0, 0.1) is 5.92 Å². The Kier molecular flexibility index (Phi) is 10.6. The summed E-state index contributed by atoms with van der Waals surface area (Å²) in [6, 6.07) is 0. The van der Waals surface area contributed by atoms with Crippen molar-refractivity contribution < 1.29 is 13.2 Å². The number of halogens is 1. The minimum Gasteiger partial charge on any atom is -0.379 e. The van der Waals surface area contributed by atoms with Crippen LogP contribution in [0.2, 0.25) is 0 Å². The summed E-state index contributed by atoms with van der Waals surface area (Å²) in [5.41, 5.74) is 0. The van der Waals surface area contributed by atoms with Gasteiger partial charge in [-0.15, -0.1) is 24.0 Å². The Bertz CT molecular complexity index is 383. The molecule has 0 aromatic heterocycles. The molecule has 0 heterocycles. The molecule has 8 heteroatoms. The maximum absolute atomic E-state index is 10.9. The van der Waals surface area contributed by atoms with Crippen LogP contribution in [0.25, 0.3) is 0 Å². The molecule has 120 valence electrons. The summed E-state index contributed by atoms with van der Waals surface area (Å²) in [5, 5.41) is 6.33. The van der Waals surface area contributed by atoms with Gasteiger partial charge in [0.2, 0.25) is 0 Å². The molecule has 0 atom stereocenters. The van der Waals surface area contributed by atoms with Crippen molar-refractivity contribution in [3.63, 3.8) is 0 Å². The molecule has 0 amide bonds. The summed E-state index contributed by atoms with van der Waals surface area (Å²) < 4.78 is 27.0. The molecule has 0 aliphatic heterocycles. The van der Waals surface area contributed by atoms with Crippen molar-refractivity contribution in [1.82, 2.24) is 10.6 Å². The fourth-order valence-corrected chi connectivity index (χ4v) is 1.84. The Labute approximate surface area is 139 Å². The average molecular weight is 419 g/mol. The summed E-state index contributed by atoms with van der Waals surface area (Å²) in [7, 11) is -2.93. The maximum Gasteiger partial charge on any atom is 0.191 e. The van der Waals surface area contributed by atoms with Gasteiger partial charge in [-0.25, -0.2) is 8.42 Å². The summed E-state index contributed by atoms with van der Waals surface area (Å²) >= 11 is 0. The van der Waals surface area contributed by atoms with Crippen molar-refractivity contribution in [1.29, 1.82) is 0 Å². The summed E-state index contributed by atoms with van der Waals surface area (Å²) in [6.07, 6.45) is 3.79. The van der Waals surface area contributed by atoms with E-state index < -0.39 is 9.84 Å². The van der Waals surface area contributed by atoms with Gasteiger partial charge in [-0.1, -0.05) is 0 Å². The fraction of sp³-hybridized carbons (Fsp3) is 0.917. The maximum atomic E-state index is 10.9. The Morgan fingerprint density at radius 2 is 2.00 bits per heavy atom. The zero-order valence-corrected chi connectivity index (χ0v) is 15.4. The number of hydrogen-bond acceptors (Lipinski definition) is 4. The zero-order chi connectivity index (χ0) is 14.1. The number of guanidine groups is 1. The first kappa shape index (κ1) is 19.9. The van der Waals surface area contributed by atoms with Gasteiger partial charge < -0.3 is 15.4 Å². The standard InChI is InChI=1S/C12H25N3O3S.HI/c1-3-13-12(15-10-11-4-5-11)14-6-7-18-8-9-19(2,16)17;/h11H,3-10H2,1-2H3,(H2,13,14,15);1H. The van der Waals surface area contributed by atoms with Gasteiger partial charge in [-0.05, 0) is 25.7 Å². The first-order chi connectivity index (χ1) is 9.01. The Hall–Kier alpha value is -0.0900. The molecule has 20 heavy (non-hydrogen) atoms. The van der Waals surface area contributed by atoms with Crippen LogP contribution in [0.4, 0.5) is 0 Å². The predicted octanol–water partition coefficient (Wildman–Crippen LogP) is 0.631. The van der Waals surface area contributed by atoms with Gasteiger partial charge in [0.15, 0.2) is 5.96 Å². The van der Waals surface area contributed by atoms with E-state index in [1.165, 1.54) is 19.1 Å². The number of hydrogen-bond donors (Lipinski definition) is 2. The fourth-order valence-electron chi connectivity index (χ4n) is 1.42. The van der Waals surface area contributed by atoms with Gasteiger partial charge in [0, 0.05) is 25.9 Å². The van der Waals surface area contributed by atoms with E-state index in [0.717, 1.165) is 25.0 Å². The summed E-state index contributed by atoms with van der Waals surface area (Å²) in [6.45, 7) is 5.08. The van der Waals surface area contributed by atoms with E-state index in [4.69, 9.17) is 4.74 Å². The smallest absolute Gasteiger partial charge is 0.191 e. The van der Waals surface area contributed by atoms with E-state index >= 15 is 0 Å². The van der Waals surface area contributed by atoms with Gasteiger partial charge in [-0.3, -0.25) is 4.99 Å². The van der Waals surface area contributed by atoms with E-state index in [-0.39, 0.29) is 36.3 Å². The lowest BCUT2D eigenvalue weighted by atomic mass is 10.4. The molecule has 0 unspecified atom stereocenters. The number of aliphatic imine (C=N–C) groups is 1. The second-order valence-electron chi connectivity index (χ2n) is 4.83. The van der Waals surface area contributed by atoms with Gasteiger partial charge in [0.05, 0.1) is 19.0 Å². The molecule has 1 saturated carbocycles. The number of ether oxygens (including phenoxy) is 1. The van der Waals surface area contributed by atoms with Gasteiger partial charge in [-0.2, -0.15) is 0 Å². The van der Waals surface area contributed by atoms with Crippen molar-refractivity contribution in [3.8, 4) is 0 Å². The van der Waals surface area contributed by atoms with E-state index in [1.54, 1.807) is 0 Å². The highest BCUT2D eigenvalue weighted by atomic mass is 127. The quantitative estimate of drug-likeness (QED) is 0.248. The third kappa shape index (κ3) is 11.7. The van der Waals surface area contributed by atoms with Gasteiger partial charge >= 0.3 is 0 Å². The van der Waals surface area contributed by atoms with Crippen LogP contribution >= 0.6 is 24.0 Å². The minimum absolute atomic E-state index is 0. The zero-order valence-electron chi connectivity index (χ0n) is 12.2. The van der Waals surface area contributed by atoms with Crippen LogP contribution in [0.5, 0.6) is 0 Å². The minimum atomic E-state index is -2.93. The lowest BCUT2D eigenvalue weighted by molar-refractivity contribution is 0.154. The van der Waals surface area contributed by atoms with Crippen molar-refractivity contribution >= 4 is 39.8 Å². The number of nitrogens with one attached hydrogen (secondary N) is 2. The molecule has 0 aromatic carbocycles. The molecule has 0 bridgehead atoms. The van der Waals surface area contributed by atoms with E-state index in [2.05, 4.69) is 15.6 Å². The molecule has 1 aliphatic rings. The van der Waals surface area contributed by atoms with Crippen LogP contribution in [0.1, 0.15) is 19.8 Å². The second kappa shape index (κ2) is 10.6. The molecule has 2 N–H and O–H groups in total. The van der Waals surface area contributed by atoms with Crippen LogP contribution in [-0.4, -0.2) is 59.2 Å². The predicted molar refractivity (Wildman–Crippen MR) is 92.7 cm³/mol. The van der Waals surface area contributed by atoms with Crippen LogP contribution in [0.3, 0.4) is 0 Å². The first-order valence-corrected chi connectivity index (χ1v) is 8.85. The molecular weight excluding hydrogens is 393 g/mol. The van der Waals surface area contributed by atoms with Crippen LogP contribution in [-0.2, 0) is 14.6 Å².